The Morgan fingerprint density at radius 2 is 2.28 bits per heavy atom. The summed E-state index contributed by atoms with van der Waals surface area (Å²) in [6.07, 6.45) is 4.81. The van der Waals surface area contributed by atoms with Gasteiger partial charge in [-0.1, -0.05) is 12.5 Å². The van der Waals surface area contributed by atoms with Crippen LogP contribution in [0, 0.1) is 0 Å². The van der Waals surface area contributed by atoms with Crippen molar-refractivity contribution in [1.29, 1.82) is 0 Å². The van der Waals surface area contributed by atoms with Gasteiger partial charge in [-0.15, -0.1) is 18.3 Å². The highest BCUT2D eigenvalue weighted by Gasteiger charge is 2.27. The summed E-state index contributed by atoms with van der Waals surface area (Å²) >= 11 is 1.69. The molecule has 0 saturated carbocycles. The van der Waals surface area contributed by atoms with E-state index < -0.39 is 0 Å². The number of carbonyl (C=O) groups excluding carboxylic acids is 2. The fraction of sp³-hybridized carbons (Fsp3) is 0.692. The first kappa shape index (κ1) is 15.1. The van der Waals surface area contributed by atoms with Crippen molar-refractivity contribution in [1.82, 2.24) is 4.90 Å². The van der Waals surface area contributed by atoms with E-state index in [-0.39, 0.29) is 23.7 Å². The number of rotatable bonds is 6. The molecule has 0 aliphatic carbocycles. The van der Waals surface area contributed by atoms with Crippen LogP contribution in [0.2, 0.25) is 0 Å². The lowest BCUT2D eigenvalue weighted by Gasteiger charge is -2.27. The molecule has 1 atom stereocenters. The predicted molar refractivity (Wildman–Crippen MR) is 73.5 cm³/mol. The maximum Gasteiger partial charge on any atom is 0.325 e. The SMILES string of the molecule is C=CCN(CC(=O)OCC)C(=O)C1CCCCS1. The molecule has 0 spiro atoms. The second-order valence-corrected chi connectivity index (χ2v) is 5.48. The van der Waals surface area contributed by atoms with Crippen molar-refractivity contribution in [3.63, 3.8) is 0 Å². The zero-order valence-electron chi connectivity index (χ0n) is 10.9. The van der Waals surface area contributed by atoms with E-state index in [1.807, 2.05) is 0 Å². The van der Waals surface area contributed by atoms with E-state index in [1.165, 1.54) is 11.3 Å². The third kappa shape index (κ3) is 4.72. The van der Waals surface area contributed by atoms with Crippen molar-refractivity contribution >= 4 is 23.6 Å². The summed E-state index contributed by atoms with van der Waals surface area (Å²) in [5.41, 5.74) is 0. The van der Waals surface area contributed by atoms with Crippen LogP contribution >= 0.6 is 11.8 Å². The number of esters is 1. The fourth-order valence-electron chi connectivity index (χ4n) is 1.89. The lowest BCUT2D eigenvalue weighted by atomic mass is 10.1. The molecule has 0 aromatic heterocycles. The normalized spacial score (nSPS) is 19.1. The Hall–Kier alpha value is -0.970. The van der Waals surface area contributed by atoms with Gasteiger partial charge in [-0.2, -0.15) is 0 Å². The van der Waals surface area contributed by atoms with Crippen LogP contribution in [-0.2, 0) is 14.3 Å². The summed E-state index contributed by atoms with van der Waals surface area (Å²) in [5, 5.41) is -0.00636. The topological polar surface area (TPSA) is 46.6 Å². The average molecular weight is 271 g/mol. The third-order valence-corrected chi connectivity index (χ3v) is 4.11. The van der Waals surface area contributed by atoms with Crippen LogP contribution in [0.15, 0.2) is 12.7 Å². The molecule has 102 valence electrons. The number of ether oxygens (including phenoxy) is 1. The lowest BCUT2D eigenvalue weighted by molar-refractivity contribution is -0.148. The molecule has 5 heteroatoms. The van der Waals surface area contributed by atoms with Gasteiger partial charge in [-0.3, -0.25) is 9.59 Å². The van der Waals surface area contributed by atoms with Crippen molar-refractivity contribution in [2.24, 2.45) is 0 Å². The maximum absolute atomic E-state index is 12.3. The zero-order valence-corrected chi connectivity index (χ0v) is 11.7. The molecule has 0 bridgehead atoms. The third-order valence-electron chi connectivity index (χ3n) is 2.74. The molecule has 0 aromatic rings. The minimum absolute atomic E-state index is 0.00636. The zero-order chi connectivity index (χ0) is 13.4. The second kappa shape index (κ2) is 8.19. The summed E-state index contributed by atoms with van der Waals surface area (Å²) in [6, 6.07) is 0. The summed E-state index contributed by atoms with van der Waals surface area (Å²) < 4.78 is 4.88. The molecule has 0 aromatic carbocycles. The molecule has 4 nitrogen and oxygen atoms in total. The van der Waals surface area contributed by atoms with E-state index in [4.69, 9.17) is 4.74 Å². The largest absolute Gasteiger partial charge is 0.465 e. The van der Waals surface area contributed by atoms with Crippen LogP contribution in [0.5, 0.6) is 0 Å². The minimum Gasteiger partial charge on any atom is -0.465 e. The second-order valence-electron chi connectivity index (χ2n) is 4.17. The molecule has 0 radical (unpaired) electrons. The quantitative estimate of drug-likeness (QED) is 0.546. The van der Waals surface area contributed by atoms with Gasteiger partial charge in [-0.05, 0) is 25.5 Å². The van der Waals surface area contributed by atoms with Crippen LogP contribution in [0.25, 0.3) is 0 Å². The van der Waals surface area contributed by atoms with Gasteiger partial charge < -0.3 is 9.64 Å². The van der Waals surface area contributed by atoms with E-state index in [0.717, 1.165) is 18.6 Å². The Balaban J connectivity index is 2.55. The summed E-state index contributed by atoms with van der Waals surface area (Å²) in [4.78, 5) is 25.3. The molecular weight excluding hydrogens is 250 g/mol. The lowest BCUT2D eigenvalue weighted by Crippen LogP contribution is -2.42. The van der Waals surface area contributed by atoms with E-state index >= 15 is 0 Å². The van der Waals surface area contributed by atoms with Crippen molar-refractivity contribution in [2.75, 3.05) is 25.4 Å². The van der Waals surface area contributed by atoms with E-state index in [1.54, 1.807) is 24.8 Å². The van der Waals surface area contributed by atoms with Crippen LogP contribution in [-0.4, -0.2) is 47.5 Å². The first-order chi connectivity index (χ1) is 8.69. The van der Waals surface area contributed by atoms with Gasteiger partial charge in [0.1, 0.15) is 6.54 Å². The number of hydrogen-bond donors (Lipinski definition) is 0. The molecule has 0 N–H and O–H groups in total. The first-order valence-corrected chi connectivity index (χ1v) is 7.40. The molecule has 1 heterocycles. The van der Waals surface area contributed by atoms with Crippen LogP contribution in [0.3, 0.4) is 0 Å². The fourth-order valence-corrected chi connectivity index (χ4v) is 3.17. The predicted octanol–water partition coefficient (Wildman–Crippen LogP) is 1.85. The molecule has 1 fully saturated rings. The Bertz CT molecular complexity index is 301. The molecule has 1 unspecified atom stereocenters. The average Bonchev–Trinajstić information content (AvgIpc) is 2.39. The number of amides is 1. The Kier molecular flexibility index (Phi) is 6.86. The van der Waals surface area contributed by atoms with Gasteiger partial charge in [0.15, 0.2) is 0 Å². The smallest absolute Gasteiger partial charge is 0.325 e. The molecule has 1 rings (SSSR count). The number of nitrogens with zero attached hydrogens (tertiary/aromatic N) is 1. The highest BCUT2D eigenvalue weighted by atomic mass is 32.2. The van der Waals surface area contributed by atoms with Crippen LogP contribution in [0.4, 0.5) is 0 Å². The summed E-state index contributed by atoms with van der Waals surface area (Å²) in [6.45, 7) is 6.15. The van der Waals surface area contributed by atoms with Gasteiger partial charge in [0.2, 0.25) is 5.91 Å². The molecule has 1 amide bonds. The van der Waals surface area contributed by atoms with Gasteiger partial charge in [0, 0.05) is 6.54 Å². The number of thioether (sulfide) groups is 1. The number of hydrogen-bond acceptors (Lipinski definition) is 4. The van der Waals surface area contributed by atoms with Crippen molar-refractivity contribution in [2.45, 2.75) is 31.4 Å². The Labute approximate surface area is 113 Å². The van der Waals surface area contributed by atoms with Crippen LogP contribution in [0.1, 0.15) is 26.2 Å². The highest BCUT2D eigenvalue weighted by Crippen LogP contribution is 2.26. The first-order valence-electron chi connectivity index (χ1n) is 6.36. The monoisotopic (exact) mass is 271 g/mol. The van der Waals surface area contributed by atoms with Gasteiger partial charge in [0.05, 0.1) is 11.9 Å². The van der Waals surface area contributed by atoms with Crippen molar-refractivity contribution in [3.05, 3.63) is 12.7 Å². The molecule has 18 heavy (non-hydrogen) atoms. The molecule has 1 saturated heterocycles. The van der Waals surface area contributed by atoms with Crippen molar-refractivity contribution < 1.29 is 14.3 Å². The van der Waals surface area contributed by atoms with Gasteiger partial charge in [-0.25, -0.2) is 0 Å². The van der Waals surface area contributed by atoms with Crippen molar-refractivity contribution in [3.8, 4) is 0 Å². The molecule has 1 aliphatic heterocycles. The van der Waals surface area contributed by atoms with Gasteiger partial charge in [0.25, 0.3) is 0 Å². The Morgan fingerprint density at radius 3 is 2.83 bits per heavy atom. The minimum atomic E-state index is -0.353. The van der Waals surface area contributed by atoms with E-state index in [0.29, 0.717) is 13.2 Å². The summed E-state index contributed by atoms with van der Waals surface area (Å²) in [5.74, 6) is 0.707. The standard InChI is InChI=1S/C13H21NO3S/c1-3-8-14(10-12(15)17-4-2)13(16)11-7-5-6-9-18-11/h3,11H,1,4-10H2,2H3. The Morgan fingerprint density at radius 1 is 1.50 bits per heavy atom. The molecule has 1 aliphatic rings. The van der Waals surface area contributed by atoms with E-state index in [2.05, 4.69) is 6.58 Å². The highest BCUT2D eigenvalue weighted by molar-refractivity contribution is 8.00. The van der Waals surface area contributed by atoms with Crippen LogP contribution < -0.4 is 0 Å². The number of carbonyl (C=O) groups is 2. The van der Waals surface area contributed by atoms with E-state index in [9.17, 15) is 9.59 Å². The maximum atomic E-state index is 12.3. The van der Waals surface area contributed by atoms with Gasteiger partial charge >= 0.3 is 5.97 Å². The summed E-state index contributed by atoms with van der Waals surface area (Å²) in [7, 11) is 0. The molecular formula is C13H21NO3S.